The largest absolute Gasteiger partial charge is 0.488 e. The standard InChI is InChI=1S/C22H24BN7O3/c1-13-18(30-9-5-8-16(19(24)31)22(30)27-13)21-26-12-17(29(2)3)20(28-21)25-11-14-6-4-7-15(10-14)23(32)33/h4-10,12,32-33H,11H2,1-3H3,(H2,24,31)(H,25,26,28). The fraction of sp³-hybridized carbons (Fsp3) is 0.182. The summed E-state index contributed by atoms with van der Waals surface area (Å²) in [7, 11) is 2.26. The summed E-state index contributed by atoms with van der Waals surface area (Å²) in [5, 5.41) is 22.2. The van der Waals surface area contributed by atoms with Crippen LogP contribution in [0.3, 0.4) is 0 Å². The Hall–Kier alpha value is -3.96. The van der Waals surface area contributed by atoms with Crippen molar-refractivity contribution in [3.63, 3.8) is 0 Å². The molecule has 5 N–H and O–H groups in total. The van der Waals surface area contributed by atoms with Gasteiger partial charge in [0.15, 0.2) is 11.6 Å². The van der Waals surface area contributed by atoms with Gasteiger partial charge in [-0.15, -0.1) is 0 Å². The second-order valence-corrected chi connectivity index (χ2v) is 7.82. The Morgan fingerprint density at radius 1 is 1.21 bits per heavy atom. The predicted molar refractivity (Wildman–Crippen MR) is 127 cm³/mol. The van der Waals surface area contributed by atoms with Gasteiger partial charge in [0.2, 0.25) is 0 Å². The number of fused-ring (bicyclic) bond motifs is 1. The van der Waals surface area contributed by atoms with E-state index in [0.29, 0.717) is 46.2 Å². The van der Waals surface area contributed by atoms with E-state index >= 15 is 0 Å². The quantitative estimate of drug-likeness (QED) is 0.302. The summed E-state index contributed by atoms with van der Waals surface area (Å²) in [6, 6.07) is 10.4. The Morgan fingerprint density at radius 3 is 2.70 bits per heavy atom. The molecule has 0 unspecified atom stereocenters. The highest BCUT2D eigenvalue weighted by Gasteiger charge is 2.19. The van der Waals surface area contributed by atoms with E-state index in [9.17, 15) is 14.8 Å². The summed E-state index contributed by atoms with van der Waals surface area (Å²) >= 11 is 0. The number of primary amides is 1. The van der Waals surface area contributed by atoms with Crippen LogP contribution in [0.4, 0.5) is 11.5 Å². The number of aromatic nitrogens is 4. The number of carbonyl (C=O) groups excluding carboxylic acids is 1. The molecule has 11 heteroatoms. The number of nitrogens with two attached hydrogens (primary N) is 1. The summed E-state index contributed by atoms with van der Waals surface area (Å²) in [5.41, 5.74) is 9.66. The molecule has 0 saturated carbocycles. The molecule has 33 heavy (non-hydrogen) atoms. The smallest absolute Gasteiger partial charge is 0.423 e. The molecule has 4 rings (SSSR count). The maximum atomic E-state index is 11.8. The number of rotatable bonds is 7. The van der Waals surface area contributed by atoms with E-state index in [1.807, 2.05) is 32.0 Å². The van der Waals surface area contributed by atoms with Gasteiger partial charge in [-0.2, -0.15) is 0 Å². The fourth-order valence-corrected chi connectivity index (χ4v) is 3.64. The SMILES string of the molecule is Cc1nc2c(C(N)=O)cccn2c1-c1ncc(N(C)C)c(NCc2cccc(B(O)O)c2)n1. The molecule has 0 atom stereocenters. The number of imidazole rings is 1. The molecule has 0 radical (unpaired) electrons. The normalized spacial score (nSPS) is 10.9. The van der Waals surface area contributed by atoms with Crippen molar-refractivity contribution < 1.29 is 14.8 Å². The number of hydrogen-bond acceptors (Lipinski definition) is 8. The first-order chi connectivity index (χ1) is 15.8. The van der Waals surface area contributed by atoms with Crippen LogP contribution >= 0.6 is 0 Å². The van der Waals surface area contributed by atoms with E-state index < -0.39 is 13.0 Å². The molecule has 0 aliphatic rings. The maximum absolute atomic E-state index is 11.8. The van der Waals surface area contributed by atoms with Crippen molar-refractivity contribution in [2.75, 3.05) is 24.3 Å². The number of hydrogen-bond donors (Lipinski definition) is 4. The Bertz CT molecular complexity index is 1340. The molecular weight excluding hydrogens is 421 g/mol. The summed E-state index contributed by atoms with van der Waals surface area (Å²) in [4.78, 5) is 27.5. The van der Waals surface area contributed by atoms with E-state index in [1.165, 1.54) is 0 Å². The monoisotopic (exact) mass is 445 g/mol. The average Bonchev–Trinajstić information content (AvgIpc) is 3.13. The number of nitrogens with zero attached hydrogens (tertiary/aromatic N) is 5. The van der Waals surface area contributed by atoms with Crippen molar-refractivity contribution >= 4 is 35.6 Å². The first kappa shape index (κ1) is 22.2. The molecule has 3 heterocycles. The second-order valence-electron chi connectivity index (χ2n) is 7.82. The number of pyridine rings is 1. The van der Waals surface area contributed by atoms with Gasteiger partial charge in [-0.05, 0) is 30.1 Å². The number of aryl methyl sites for hydroxylation is 1. The van der Waals surface area contributed by atoms with E-state index in [2.05, 4.69) is 15.3 Å². The minimum absolute atomic E-state index is 0.320. The molecule has 10 nitrogen and oxygen atoms in total. The predicted octanol–water partition coefficient (Wildman–Crippen LogP) is 0.557. The van der Waals surface area contributed by atoms with Crippen LogP contribution < -0.4 is 21.4 Å². The van der Waals surface area contributed by atoms with Crippen LogP contribution in [0.2, 0.25) is 0 Å². The lowest BCUT2D eigenvalue weighted by atomic mass is 9.80. The summed E-state index contributed by atoms with van der Waals surface area (Å²) in [6.07, 6.45) is 3.51. The number of nitrogens with one attached hydrogen (secondary N) is 1. The topological polar surface area (TPSA) is 142 Å². The molecule has 1 aromatic carbocycles. The maximum Gasteiger partial charge on any atom is 0.488 e. The summed E-state index contributed by atoms with van der Waals surface area (Å²) in [6.45, 7) is 2.24. The first-order valence-electron chi connectivity index (χ1n) is 10.3. The molecule has 0 aliphatic carbocycles. The van der Waals surface area contributed by atoms with E-state index in [0.717, 1.165) is 11.3 Å². The molecule has 0 aliphatic heterocycles. The highest BCUT2D eigenvalue weighted by molar-refractivity contribution is 6.58. The zero-order chi connectivity index (χ0) is 23.7. The van der Waals surface area contributed by atoms with E-state index in [-0.39, 0.29) is 0 Å². The Kier molecular flexibility index (Phi) is 5.99. The summed E-state index contributed by atoms with van der Waals surface area (Å²) < 4.78 is 1.76. The first-order valence-corrected chi connectivity index (χ1v) is 10.3. The van der Waals surface area contributed by atoms with Crippen LogP contribution in [0.15, 0.2) is 48.8 Å². The average molecular weight is 445 g/mol. The summed E-state index contributed by atoms with van der Waals surface area (Å²) in [5.74, 6) is 0.480. The Labute approximate surface area is 190 Å². The van der Waals surface area contributed by atoms with Crippen LogP contribution in [0, 0.1) is 6.92 Å². The second kappa shape index (κ2) is 8.89. The molecule has 168 valence electrons. The molecule has 0 spiro atoms. The van der Waals surface area contributed by atoms with E-state index in [4.69, 9.17) is 10.7 Å². The third kappa shape index (κ3) is 4.36. The Morgan fingerprint density at radius 2 is 2.00 bits per heavy atom. The van der Waals surface area contributed by atoms with Crippen LogP contribution in [0.25, 0.3) is 17.2 Å². The van der Waals surface area contributed by atoms with Gasteiger partial charge in [-0.1, -0.05) is 24.3 Å². The minimum Gasteiger partial charge on any atom is -0.423 e. The molecule has 3 aromatic heterocycles. The molecule has 4 aromatic rings. The Balaban J connectivity index is 1.74. The van der Waals surface area contributed by atoms with Gasteiger partial charge in [-0.3, -0.25) is 9.20 Å². The van der Waals surface area contributed by atoms with Gasteiger partial charge in [-0.25, -0.2) is 15.0 Å². The number of benzene rings is 1. The van der Waals surface area contributed by atoms with Crippen molar-refractivity contribution in [2.24, 2.45) is 5.73 Å². The molecule has 0 saturated heterocycles. The van der Waals surface area contributed by atoms with Crippen molar-refractivity contribution in [1.82, 2.24) is 19.4 Å². The van der Waals surface area contributed by atoms with Crippen molar-refractivity contribution in [3.8, 4) is 11.5 Å². The molecule has 0 bridgehead atoms. The van der Waals surface area contributed by atoms with Crippen molar-refractivity contribution in [1.29, 1.82) is 0 Å². The number of carbonyl (C=O) groups is 1. The highest BCUT2D eigenvalue weighted by Crippen LogP contribution is 2.28. The van der Waals surface area contributed by atoms with Gasteiger partial charge in [0.25, 0.3) is 5.91 Å². The van der Waals surface area contributed by atoms with Crippen LogP contribution in [0.5, 0.6) is 0 Å². The highest BCUT2D eigenvalue weighted by atomic mass is 16.4. The van der Waals surface area contributed by atoms with Crippen LogP contribution in [-0.4, -0.2) is 56.5 Å². The zero-order valence-electron chi connectivity index (χ0n) is 18.5. The van der Waals surface area contributed by atoms with Gasteiger partial charge in [0.05, 0.1) is 23.1 Å². The van der Waals surface area contributed by atoms with Crippen LogP contribution in [-0.2, 0) is 6.54 Å². The minimum atomic E-state index is -1.53. The van der Waals surface area contributed by atoms with Crippen molar-refractivity contribution in [2.45, 2.75) is 13.5 Å². The van der Waals surface area contributed by atoms with E-state index in [1.54, 1.807) is 47.1 Å². The van der Waals surface area contributed by atoms with Gasteiger partial charge in [0.1, 0.15) is 11.3 Å². The lowest BCUT2D eigenvalue weighted by molar-refractivity contribution is 0.100. The van der Waals surface area contributed by atoms with Gasteiger partial charge in [0, 0.05) is 26.8 Å². The van der Waals surface area contributed by atoms with Gasteiger partial charge < -0.3 is 26.0 Å². The molecule has 1 amide bonds. The zero-order valence-corrected chi connectivity index (χ0v) is 18.5. The van der Waals surface area contributed by atoms with Crippen molar-refractivity contribution in [3.05, 3.63) is 65.6 Å². The number of anilines is 2. The fourth-order valence-electron chi connectivity index (χ4n) is 3.64. The molecular formula is C22H24BN7O3. The van der Waals surface area contributed by atoms with Crippen LogP contribution in [0.1, 0.15) is 21.6 Å². The third-order valence-electron chi connectivity index (χ3n) is 5.26. The lowest BCUT2D eigenvalue weighted by Crippen LogP contribution is -2.30. The molecule has 0 fully saturated rings. The third-order valence-corrected chi connectivity index (χ3v) is 5.26. The lowest BCUT2D eigenvalue weighted by Gasteiger charge is -2.18. The number of amides is 1. The van der Waals surface area contributed by atoms with Gasteiger partial charge >= 0.3 is 7.12 Å².